The van der Waals surface area contributed by atoms with Crippen molar-refractivity contribution in [3.8, 4) is 5.75 Å². The second-order valence-corrected chi connectivity index (χ2v) is 8.89. The van der Waals surface area contributed by atoms with Gasteiger partial charge < -0.3 is 14.6 Å². The van der Waals surface area contributed by atoms with Crippen molar-refractivity contribution in [1.29, 1.82) is 0 Å². The quantitative estimate of drug-likeness (QED) is 0.776. The lowest BCUT2D eigenvalue weighted by atomic mass is 10.1. The Kier molecular flexibility index (Phi) is 7.37. The van der Waals surface area contributed by atoms with Gasteiger partial charge in [0, 0.05) is 32.2 Å². The van der Waals surface area contributed by atoms with Crippen molar-refractivity contribution in [3.63, 3.8) is 0 Å². The van der Waals surface area contributed by atoms with E-state index in [1.165, 1.54) is 24.0 Å². The molecule has 1 N–H and O–H groups in total. The molecular formula is C23H38N2O3. The highest BCUT2D eigenvalue weighted by Crippen LogP contribution is 2.26. The molecule has 0 radical (unpaired) electrons. The zero-order chi connectivity index (χ0) is 20.3. The van der Waals surface area contributed by atoms with Gasteiger partial charge in [0.25, 0.3) is 0 Å². The van der Waals surface area contributed by atoms with E-state index in [0.29, 0.717) is 31.4 Å². The third-order valence-electron chi connectivity index (χ3n) is 6.20. The Labute approximate surface area is 170 Å². The lowest BCUT2D eigenvalue weighted by Gasteiger charge is -2.38. The van der Waals surface area contributed by atoms with E-state index in [9.17, 15) is 5.11 Å². The Morgan fingerprint density at radius 3 is 2.54 bits per heavy atom. The van der Waals surface area contributed by atoms with E-state index in [1.54, 1.807) is 0 Å². The number of β-amino-alcohol motifs (C(OH)–C–C–N with tert-alkyl or cyclic N) is 1. The van der Waals surface area contributed by atoms with Crippen LogP contribution in [0.4, 0.5) is 0 Å². The van der Waals surface area contributed by atoms with Crippen LogP contribution in [0.2, 0.25) is 0 Å². The molecule has 0 bridgehead atoms. The first-order chi connectivity index (χ1) is 13.3. The summed E-state index contributed by atoms with van der Waals surface area (Å²) in [5, 5.41) is 10.6. The maximum Gasteiger partial charge on any atom is 0.125 e. The predicted molar refractivity (Wildman–Crippen MR) is 113 cm³/mol. The molecule has 0 saturated carbocycles. The molecule has 5 heteroatoms. The average molecular weight is 391 g/mol. The summed E-state index contributed by atoms with van der Waals surface area (Å²) in [5.74, 6) is 0.924. The van der Waals surface area contributed by atoms with Crippen LogP contribution in [0.5, 0.6) is 5.75 Å². The number of hydrogen-bond donors (Lipinski definition) is 1. The second-order valence-electron chi connectivity index (χ2n) is 8.89. The smallest absolute Gasteiger partial charge is 0.125 e. The molecule has 2 heterocycles. The molecular weight excluding hydrogens is 352 g/mol. The number of morpholine rings is 1. The van der Waals surface area contributed by atoms with E-state index in [0.717, 1.165) is 37.5 Å². The first kappa shape index (κ1) is 21.6. The first-order valence-corrected chi connectivity index (χ1v) is 10.8. The maximum absolute atomic E-state index is 10.6. The van der Waals surface area contributed by atoms with Crippen LogP contribution in [0.15, 0.2) is 12.1 Å². The van der Waals surface area contributed by atoms with Gasteiger partial charge in [-0.05, 0) is 70.7 Å². The van der Waals surface area contributed by atoms with E-state index >= 15 is 0 Å². The van der Waals surface area contributed by atoms with Crippen LogP contribution in [-0.2, 0) is 4.74 Å². The van der Waals surface area contributed by atoms with Gasteiger partial charge in [-0.1, -0.05) is 12.1 Å². The van der Waals surface area contributed by atoms with Gasteiger partial charge in [-0.15, -0.1) is 0 Å². The summed E-state index contributed by atoms with van der Waals surface area (Å²) < 4.78 is 11.9. The molecule has 1 aromatic rings. The number of aryl methyl sites for hydroxylation is 2. The van der Waals surface area contributed by atoms with E-state index in [4.69, 9.17) is 9.47 Å². The van der Waals surface area contributed by atoms with Crippen molar-refractivity contribution >= 4 is 0 Å². The minimum Gasteiger partial charge on any atom is -0.490 e. The molecule has 158 valence electrons. The lowest BCUT2D eigenvalue weighted by Crippen LogP contribution is -2.51. The predicted octanol–water partition coefficient (Wildman–Crippen LogP) is 2.93. The number of likely N-dealkylation sites (tertiary alicyclic amines) is 1. The van der Waals surface area contributed by atoms with Crippen LogP contribution in [0.25, 0.3) is 0 Å². The van der Waals surface area contributed by atoms with E-state index in [-0.39, 0.29) is 0 Å². The largest absolute Gasteiger partial charge is 0.490 e. The molecule has 5 nitrogen and oxygen atoms in total. The van der Waals surface area contributed by atoms with Gasteiger partial charge in [0.05, 0.1) is 12.2 Å². The monoisotopic (exact) mass is 390 g/mol. The minimum atomic E-state index is -0.470. The normalized spacial score (nSPS) is 27.9. The Bertz CT molecular complexity index is 641. The van der Waals surface area contributed by atoms with E-state index in [1.807, 2.05) is 0 Å². The number of nitrogens with zero attached hydrogens (tertiary/aromatic N) is 2. The number of ether oxygens (including phenoxy) is 2. The average Bonchev–Trinajstić information content (AvgIpc) is 3.04. The fraction of sp³-hybridized carbons (Fsp3) is 0.739. The van der Waals surface area contributed by atoms with Gasteiger partial charge in [-0.2, -0.15) is 0 Å². The van der Waals surface area contributed by atoms with Crippen LogP contribution in [-0.4, -0.2) is 78.6 Å². The standard InChI is InChI=1S/C23H38N2O3/c1-16-8-9-17(2)23(20(16)5)27-15-22(26)14-25-10-6-7-21(25)13-24-11-18(3)28-19(4)12-24/h8-9,18-19,21-22,26H,6-7,10-15H2,1-5H3. The topological polar surface area (TPSA) is 45.2 Å². The number of aliphatic hydroxyl groups is 1. The summed E-state index contributed by atoms with van der Waals surface area (Å²) in [7, 11) is 0. The number of aliphatic hydroxyl groups excluding tert-OH is 1. The molecule has 4 atom stereocenters. The Hall–Kier alpha value is -1.14. The Balaban J connectivity index is 1.50. The van der Waals surface area contributed by atoms with Crippen molar-refractivity contribution in [2.24, 2.45) is 0 Å². The fourth-order valence-electron chi connectivity index (χ4n) is 4.72. The zero-order valence-electron chi connectivity index (χ0n) is 18.3. The maximum atomic E-state index is 10.6. The number of benzene rings is 1. The molecule has 4 unspecified atom stereocenters. The third kappa shape index (κ3) is 5.47. The van der Waals surface area contributed by atoms with Crippen molar-refractivity contribution in [1.82, 2.24) is 9.80 Å². The van der Waals surface area contributed by atoms with Gasteiger partial charge in [0.2, 0.25) is 0 Å². The van der Waals surface area contributed by atoms with Crippen LogP contribution in [0, 0.1) is 20.8 Å². The molecule has 0 amide bonds. The zero-order valence-corrected chi connectivity index (χ0v) is 18.3. The molecule has 28 heavy (non-hydrogen) atoms. The highest BCUT2D eigenvalue weighted by Gasteiger charge is 2.31. The van der Waals surface area contributed by atoms with Crippen LogP contribution in [0.1, 0.15) is 43.4 Å². The molecule has 0 aliphatic carbocycles. The minimum absolute atomic E-state index is 0.304. The SMILES string of the molecule is Cc1ccc(C)c(OCC(O)CN2CCCC2CN2CC(C)OC(C)C2)c1C. The molecule has 2 aliphatic heterocycles. The highest BCUT2D eigenvalue weighted by atomic mass is 16.5. The van der Waals surface area contributed by atoms with Crippen molar-refractivity contribution < 1.29 is 14.6 Å². The van der Waals surface area contributed by atoms with Gasteiger partial charge >= 0.3 is 0 Å². The number of rotatable bonds is 7. The number of hydrogen-bond acceptors (Lipinski definition) is 5. The third-order valence-corrected chi connectivity index (χ3v) is 6.20. The second kappa shape index (κ2) is 9.57. The van der Waals surface area contributed by atoms with Crippen molar-refractivity contribution in [2.75, 3.05) is 39.3 Å². The Morgan fingerprint density at radius 2 is 1.82 bits per heavy atom. The highest BCUT2D eigenvalue weighted by molar-refractivity contribution is 5.44. The van der Waals surface area contributed by atoms with Gasteiger partial charge in [-0.25, -0.2) is 0 Å². The summed E-state index contributed by atoms with van der Waals surface area (Å²) in [6, 6.07) is 4.73. The molecule has 1 aromatic carbocycles. The molecule has 0 spiro atoms. The molecule has 2 fully saturated rings. The molecule has 3 rings (SSSR count). The first-order valence-electron chi connectivity index (χ1n) is 10.8. The van der Waals surface area contributed by atoms with Crippen LogP contribution < -0.4 is 4.74 Å². The van der Waals surface area contributed by atoms with Gasteiger partial charge in [0.1, 0.15) is 18.5 Å². The molecule has 0 aromatic heterocycles. The van der Waals surface area contributed by atoms with Gasteiger partial charge in [-0.3, -0.25) is 9.80 Å². The lowest BCUT2D eigenvalue weighted by molar-refractivity contribution is -0.0731. The van der Waals surface area contributed by atoms with Crippen LogP contribution in [0.3, 0.4) is 0 Å². The molecule has 2 aliphatic rings. The van der Waals surface area contributed by atoms with Crippen molar-refractivity contribution in [2.45, 2.75) is 71.8 Å². The van der Waals surface area contributed by atoms with Gasteiger partial charge in [0.15, 0.2) is 0 Å². The summed E-state index contributed by atoms with van der Waals surface area (Å²) in [4.78, 5) is 4.99. The molecule has 2 saturated heterocycles. The summed E-state index contributed by atoms with van der Waals surface area (Å²) in [6.45, 7) is 15.8. The van der Waals surface area contributed by atoms with E-state index < -0.39 is 6.10 Å². The summed E-state index contributed by atoms with van der Waals surface area (Å²) >= 11 is 0. The van der Waals surface area contributed by atoms with E-state index in [2.05, 4.69) is 56.6 Å². The van der Waals surface area contributed by atoms with Crippen molar-refractivity contribution in [3.05, 3.63) is 28.8 Å². The summed E-state index contributed by atoms with van der Waals surface area (Å²) in [6.07, 6.45) is 2.56. The fourth-order valence-corrected chi connectivity index (χ4v) is 4.72. The Morgan fingerprint density at radius 1 is 1.14 bits per heavy atom. The van der Waals surface area contributed by atoms with Crippen LogP contribution >= 0.6 is 0 Å². The summed E-state index contributed by atoms with van der Waals surface area (Å²) in [5.41, 5.74) is 3.52.